The maximum atomic E-state index is 13.2. The number of benzene rings is 3. The van der Waals surface area contributed by atoms with Gasteiger partial charge in [0.2, 0.25) is 0 Å². The lowest BCUT2D eigenvalue weighted by Gasteiger charge is -2.29. The molecule has 1 amide bonds. The van der Waals surface area contributed by atoms with Gasteiger partial charge in [-0.3, -0.25) is 9.10 Å². The van der Waals surface area contributed by atoms with Crippen LogP contribution in [-0.2, 0) is 29.4 Å². The Bertz CT molecular complexity index is 1250. The lowest BCUT2D eigenvalue weighted by atomic mass is 9.99. The van der Waals surface area contributed by atoms with Crippen LogP contribution in [0.4, 0.5) is 5.69 Å². The van der Waals surface area contributed by atoms with Crippen LogP contribution in [0, 0.1) is 0 Å². The third kappa shape index (κ3) is 3.41. The van der Waals surface area contributed by atoms with Crippen molar-refractivity contribution in [3.8, 4) is 0 Å². The van der Waals surface area contributed by atoms with E-state index in [0.717, 1.165) is 12.0 Å². The number of nitrogens with zero attached hydrogens (tertiary/aromatic N) is 2. The normalized spacial score (nSPS) is 17.9. The zero-order valence-electron chi connectivity index (χ0n) is 17.4. The minimum Gasteiger partial charge on any atom is -0.334 e. The number of hydrogen-bond donors (Lipinski definition) is 0. The monoisotopic (exact) mass is 432 g/mol. The maximum absolute atomic E-state index is 13.2. The Kier molecular flexibility index (Phi) is 4.82. The van der Waals surface area contributed by atoms with Crippen molar-refractivity contribution in [1.82, 2.24) is 4.90 Å². The van der Waals surface area contributed by atoms with Crippen LogP contribution in [0.2, 0.25) is 0 Å². The number of anilines is 1. The van der Waals surface area contributed by atoms with E-state index in [1.807, 2.05) is 30.0 Å². The lowest BCUT2D eigenvalue weighted by Crippen LogP contribution is -2.36. The van der Waals surface area contributed by atoms with E-state index in [0.29, 0.717) is 30.8 Å². The van der Waals surface area contributed by atoms with E-state index in [9.17, 15) is 13.2 Å². The molecule has 3 aromatic rings. The van der Waals surface area contributed by atoms with Crippen molar-refractivity contribution >= 4 is 21.6 Å². The third-order valence-electron chi connectivity index (χ3n) is 6.20. The van der Waals surface area contributed by atoms with Crippen molar-refractivity contribution in [2.75, 3.05) is 10.8 Å². The van der Waals surface area contributed by atoms with Gasteiger partial charge in [-0.2, -0.15) is 0 Å². The molecule has 0 N–H and O–H groups in total. The molecule has 0 radical (unpaired) electrons. The highest BCUT2D eigenvalue weighted by atomic mass is 32.2. The Balaban J connectivity index is 1.43. The summed E-state index contributed by atoms with van der Waals surface area (Å²) in [6, 6.07) is 21.9. The predicted octanol–water partition coefficient (Wildman–Crippen LogP) is 4.03. The summed E-state index contributed by atoms with van der Waals surface area (Å²) < 4.78 is 28.0. The highest BCUT2D eigenvalue weighted by molar-refractivity contribution is 7.92. The van der Waals surface area contributed by atoms with Gasteiger partial charge >= 0.3 is 0 Å². The van der Waals surface area contributed by atoms with Gasteiger partial charge in [0.15, 0.2) is 0 Å². The summed E-state index contributed by atoms with van der Waals surface area (Å²) in [6.45, 7) is 3.21. The van der Waals surface area contributed by atoms with Crippen molar-refractivity contribution < 1.29 is 13.2 Å². The molecule has 0 bridgehead atoms. The van der Waals surface area contributed by atoms with Gasteiger partial charge in [-0.1, -0.05) is 42.5 Å². The molecule has 0 fully saturated rings. The second kappa shape index (κ2) is 7.54. The maximum Gasteiger partial charge on any atom is 0.264 e. The molecule has 2 aliphatic rings. The van der Waals surface area contributed by atoms with E-state index in [4.69, 9.17) is 0 Å². The molecule has 0 spiro atoms. The first kappa shape index (κ1) is 19.8. The Hall–Kier alpha value is -3.12. The fourth-order valence-corrected chi connectivity index (χ4v) is 6.37. The second-order valence-electron chi connectivity index (χ2n) is 8.26. The first-order valence-corrected chi connectivity index (χ1v) is 12.0. The number of fused-ring (bicyclic) bond motifs is 2. The summed E-state index contributed by atoms with van der Waals surface area (Å²) in [5.74, 6) is -0.00526. The Labute approximate surface area is 183 Å². The number of amides is 1. The van der Waals surface area contributed by atoms with Gasteiger partial charge in [-0.05, 0) is 66.8 Å². The molecule has 5 nitrogen and oxygen atoms in total. The summed E-state index contributed by atoms with van der Waals surface area (Å²) in [4.78, 5) is 15.3. The number of sulfonamides is 1. The zero-order chi connectivity index (χ0) is 21.6. The van der Waals surface area contributed by atoms with Gasteiger partial charge < -0.3 is 4.90 Å². The number of hydrogen-bond acceptors (Lipinski definition) is 3. The highest BCUT2D eigenvalue weighted by Crippen LogP contribution is 2.37. The van der Waals surface area contributed by atoms with Crippen molar-refractivity contribution in [3.63, 3.8) is 0 Å². The topological polar surface area (TPSA) is 57.7 Å². The lowest BCUT2D eigenvalue weighted by molar-refractivity contribution is 0.0734. The summed E-state index contributed by atoms with van der Waals surface area (Å²) in [7, 11) is -3.65. The molecule has 0 aromatic heterocycles. The van der Waals surface area contributed by atoms with Crippen LogP contribution in [0.3, 0.4) is 0 Å². The van der Waals surface area contributed by atoms with Crippen molar-refractivity contribution in [3.05, 3.63) is 95.1 Å². The number of rotatable bonds is 3. The van der Waals surface area contributed by atoms with Gasteiger partial charge in [-0.25, -0.2) is 8.42 Å². The molecule has 0 unspecified atom stereocenters. The second-order valence-corrected chi connectivity index (χ2v) is 10.1. The average molecular weight is 433 g/mol. The van der Waals surface area contributed by atoms with E-state index in [1.54, 1.807) is 42.5 Å². The van der Waals surface area contributed by atoms with Crippen LogP contribution in [0.5, 0.6) is 0 Å². The summed E-state index contributed by atoms with van der Waals surface area (Å²) in [5.41, 5.74) is 4.67. The van der Waals surface area contributed by atoms with E-state index in [-0.39, 0.29) is 16.8 Å². The van der Waals surface area contributed by atoms with Crippen LogP contribution in [-0.4, -0.2) is 31.8 Å². The molecular weight excluding hydrogens is 408 g/mol. The zero-order valence-corrected chi connectivity index (χ0v) is 18.2. The molecule has 2 heterocycles. The smallest absolute Gasteiger partial charge is 0.264 e. The summed E-state index contributed by atoms with van der Waals surface area (Å²) >= 11 is 0. The standard InChI is InChI=1S/C25H24N2O3S/c1-18-15-22-16-20(25(28)26-14-13-19-7-5-6-8-21(19)17-26)11-12-24(22)27(18)31(29,30)23-9-3-2-4-10-23/h2-12,16,18H,13-15,17H2,1H3/t18-/m0/s1. The Morgan fingerprint density at radius 2 is 1.61 bits per heavy atom. The molecule has 0 saturated carbocycles. The van der Waals surface area contributed by atoms with Crippen LogP contribution in [0.25, 0.3) is 0 Å². The molecule has 0 saturated heterocycles. The van der Waals surface area contributed by atoms with Crippen LogP contribution < -0.4 is 4.31 Å². The average Bonchev–Trinajstić information content (AvgIpc) is 3.14. The summed E-state index contributed by atoms with van der Waals surface area (Å²) in [5, 5.41) is 0. The molecule has 1 atom stereocenters. The first-order chi connectivity index (χ1) is 14.9. The van der Waals surface area contributed by atoms with Crippen molar-refractivity contribution in [2.24, 2.45) is 0 Å². The van der Waals surface area contributed by atoms with E-state index < -0.39 is 10.0 Å². The predicted molar refractivity (Wildman–Crippen MR) is 121 cm³/mol. The molecule has 5 rings (SSSR count). The first-order valence-electron chi connectivity index (χ1n) is 10.5. The molecular formula is C25H24N2O3S. The molecule has 158 valence electrons. The fraction of sp³-hybridized carbons (Fsp3) is 0.240. The molecule has 3 aromatic carbocycles. The van der Waals surface area contributed by atoms with Gasteiger partial charge in [0.25, 0.3) is 15.9 Å². The highest BCUT2D eigenvalue weighted by Gasteiger charge is 2.36. The van der Waals surface area contributed by atoms with Crippen LogP contribution >= 0.6 is 0 Å². The van der Waals surface area contributed by atoms with E-state index in [2.05, 4.69) is 12.1 Å². The van der Waals surface area contributed by atoms with Gasteiger partial charge in [0.1, 0.15) is 0 Å². The molecule has 31 heavy (non-hydrogen) atoms. The van der Waals surface area contributed by atoms with Gasteiger partial charge in [0.05, 0.1) is 10.6 Å². The fourth-order valence-electron chi connectivity index (χ4n) is 4.66. The third-order valence-corrected chi connectivity index (χ3v) is 8.14. The van der Waals surface area contributed by atoms with Gasteiger partial charge in [0, 0.05) is 24.7 Å². The molecule has 2 aliphatic heterocycles. The summed E-state index contributed by atoms with van der Waals surface area (Å²) in [6.07, 6.45) is 1.44. The Morgan fingerprint density at radius 1 is 0.903 bits per heavy atom. The SMILES string of the molecule is C[C@H]1Cc2cc(C(=O)N3CCc4ccccc4C3)ccc2N1S(=O)(=O)c1ccccc1. The largest absolute Gasteiger partial charge is 0.334 e. The Morgan fingerprint density at radius 3 is 2.39 bits per heavy atom. The van der Waals surface area contributed by atoms with E-state index in [1.165, 1.54) is 15.4 Å². The van der Waals surface area contributed by atoms with Crippen molar-refractivity contribution in [1.29, 1.82) is 0 Å². The minimum absolute atomic E-state index is 0.00526. The number of carbonyl (C=O) groups is 1. The minimum atomic E-state index is -3.65. The molecule has 0 aliphatic carbocycles. The van der Waals surface area contributed by atoms with Crippen LogP contribution in [0.1, 0.15) is 34.0 Å². The van der Waals surface area contributed by atoms with E-state index >= 15 is 0 Å². The van der Waals surface area contributed by atoms with Crippen molar-refractivity contribution in [2.45, 2.75) is 37.2 Å². The van der Waals surface area contributed by atoms with Crippen LogP contribution in [0.15, 0.2) is 77.7 Å². The van der Waals surface area contributed by atoms with Gasteiger partial charge in [-0.15, -0.1) is 0 Å². The quantitative estimate of drug-likeness (QED) is 0.628. The number of carbonyl (C=O) groups excluding carboxylic acids is 1. The molecule has 6 heteroatoms.